The molecule has 0 unspecified atom stereocenters. The van der Waals surface area contributed by atoms with Gasteiger partial charge in [-0.1, -0.05) is 11.2 Å². The van der Waals surface area contributed by atoms with E-state index in [0.717, 1.165) is 19.6 Å². The van der Waals surface area contributed by atoms with E-state index < -0.39 is 11.2 Å². The first kappa shape index (κ1) is 25.4. The van der Waals surface area contributed by atoms with E-state index in [1.807, 2.05) is 9.47 Å². The molecule has 0 saturated carbocycles. The number of nitrogens with two attached hydrogens (primary N) is 1. The van der Waals surface area contributed by atoms with Crippen molar-refractivity contribution in [2.45, 2.75) is 6.54 Å². The highest BCUT2D eigenvalue weighted by Gasteiger charge is 2.21. The summed E-state index contributed by atoms with van der Waals surface area (Å²) in [6.45, 7) is 4.75. The molecule has 0 spiro atoms. The highest BCUT2D eigenvalue weighted by atomic mass is 32.2. The van der Waals surface area contributed by atoms with E-state index in [0.29, 0.717) is 71.8 Å². The Labute approximate surface area is 226 Å². The van der Waals surface area contributed by atoms with E-state index in [9.17, 15) is 8.94 Å². The molecule has 39 heavy (non-hydrogen) atoms. The van der Waals surface area contributed by atoms with Crippen molar-refractivity contribution >= 4 is 39.6 Å². The fourth-order valence-corrected chi connectivity index (χ4v) is 5.00. The predicted octanol–water partition coefficient (Wildman–Crippen LogP) is 2.03. The fraction of sp³-hybridized carbons (Fsp3) is 0.360. The Bertz CT molecular complexity index is 1580. The van der Waals surface area contributed by atoms with Gasteiger partial charge in [0, 0.05) is 45.3 Å². The van der Waals surface area contributed by atoms with Crippen LogP contribution in [0.25, 0.3) is 28.4 Å². The maximum absolute atomic E-state index is 14.8. The van der Waals surface area contributed by atoms with Crippen molar-refractivity contribution in [1.29, 1.82) is 0 Å². The second-order valence-corrected chi connectivity index (χ2v) is 10.9. The van der Waals surface area contributed by atoms with E-state index in [4.69, 9.17) is 14.9 Å². The van der Waals surface area contributed by atoms with Gasteiger partial charge in [0.15, 0.2) is 22.6 Å². The number of piperazine rings is 1. The van der Waals surface area contributed by atoms with Crippen molar-refractivity contribution in [3.63, 3.8) is 0 Å². The van der Waals surface area contributed by atoms with Crippen LogP contribution in [0.5, 0.6) is 5.75 Å². The molecule has 0 amide bonds. The summed E-state index contributed by atoms with van der Waals surface area (Å²) in [6.07, 6.45) is 4.92. The number of anilines is 2. The molecule has 0 radical (unpaired) electrons. The molecule has 12 nitrogen and oxygen atoms in total. The molecule has 5 heterocycles. The van der Waals surface area contributed by atoms with Crippen LogP contribution in [0.4, 0.5) is 16.0 Å². The molecule has 4 aromatic heterocycles. The maximum atomic E-state index is 14.8. The molecule has 1 aliphatic rings. The third kappa shape index (κ3) is 5.22. The van der Waals surface area contributed by atoms with Gasteiger partial charge in [-0.15, -0.1) is 5.10 Å². The van der Waals surface area contributed by atoms with Crippen LogP contribution in [0.1, 0.15) is 0 Å². The standard InChI is InChI=1S/C25H28FN9O3S/c1-39(36)14-13-37-17-4-5-19(18(26)15-17)33-9-6-32(7-10-33)8-11-34-16-28-21-23(34)30-25(27)35-24(21)29-22(31-35)20-3-2-12-38-20/h2-5,12,15-16H,6-11,13-14H2,1H3,(H2,27,30)/t39-/m1/s1. The topological polar surface area (TPSA) is 139 Å². The number of imidazole rings is 1. The Balaban J connectivity index is 1.08. The Morgan fingerprint density at radius 1 is 1.13 bits per heavy atom. The summed E-state index contributed by atoms with van der Waals surface area (Å²) >= 11 is -0.942. The van der Waals surface area contributed by atoms with Crippen LogP contribution in [0.2, 0.25) is 0 Å². The average Bonchev–Trinajstić information content (AvgIpc) is 3.68. The Morgan fingerprint density at radius 2 is 1.97 bits per heavy atom. The van der Waals surface area contributed by atoms with Crippen molar-refractivity contribution in [3.05, 3.63) is 48.7 Å². The van der Waals surface area contributed by atoms with Gasteiger partial charge in [-0.05, 0) is 24.3 Å². The lowest BCUT2D eigenvalue weighted by molar-refractivity contribution is 0.248. The van der Waals surface area contributed by atoms with Crippen molar-refractivity contribution in [1.82, 2.24) is 34.0 Å². The number of rotatable bonds is 9. The molecule has 1 aliphatic heterocycles. The largest absolute Gasteiger partial charge is 0.616 e. The van der Waals surface area contributed by atoms with Crippen LogP contribution in [-0.4, -0.2) is 89.9 Å². The summed E-state index contributed by atoms with van der Waals surface area (Å²) in [5, 5.41) is 4.41. The number of aromatic nitrogens is 6. The minimum Gasteiger partial charge on any atom is -0.616 e. The van der Waals surface area contributed by atoms with Crippen LogP contribution in [0.15, 0.2) is 47.3 Å². The summed E-state index contributed by atoms with van der Waals surface area (Å²) in [5.74, 6) is 1.73. The zero-order chi connectivity index (χ0) is 26.9. The smallest absolute Gasteiger partial charge is 0.225 e. The number of hydrogen-bond donors (Lipinski definition) is 1. The SMILES string of the molecule is C[S@@+]([O-])CCOc1ccc(N2CCN(CCn3cnc4c3nc(N)n3nc(-c5ccco5)nc43)CC2)c(F)c1. The number of fused-ring (bicyclic) bond motifs is 3. The normalized spacial score (nSPS) is 15.4. The summed E-state index contributed by atoms with van der Waals surface area (Å²) < 4.78 is 40.3. The van der Waals surface area contributed by atoms with Crippen molar-refractivity contribution < 1.29 is 18.1 Å². The van der Waals surface area contributed by atoms with Gasteiger partial charge in [0.05, 0.1) is 24.5 Å². The molecule has 204 valence electrons. The second kappa shape index (κ2) is 10.7. The van der Waals surface area contributed by atoms with Gasteiger partial charge in [-0.25, -0.2) is 14.4 Å². The number of ether oxygens (including phenoxy) is 1. The van der Waals surface area contributed by atoms with Gasteiger partial charge in [0.1, 0.15) is 23.9 Å². The Morgan fingerprint density at radius 3 is 2.72 bits per heavy atom. The van der Waals surface area contributed by atoms with E-state index in [2.05, 4.69) is 25.0 Å². The van der Waals surface area contributed by atoms with Crippen LogP contribution in [-0.2, 0) is 17.7 Å². The lowest BCUT2D eigenvalue weighted by Gasteiger charge is -2.36. The maximum Gasteiger partial charge on any atom is 0.225 e. The Kier molecular flexibility index (Phi) is 6.97. The van der Waals surface area contributed by atoms with Gasteiger partial charge in [-0.2, -0.15) is 9.50 Å². The summed E-state index contributed by atoms with van der Waals surface area (Å²) in [4.78, 5) is 18.0. The highest BCUT2D eigenvalue weighted by molar-refractivity contribution is 7.90. The minimum absolute atomic E-state index is 0.219. The van der Waals surface area contributed by atoms with Gasteiger partial charge in [-0.3, -0.25) is 4.90 Å². The van der Waals surface area contributed by atoms with Crippen molar-refractivity contribution in [2.24, 2.45) is 0 Å². The molecule has 6 rings (SSSR count). The predicted molar refractivity (Wildman–Crippen MR) is 146 cm³/mol. The molecule has 1 atom stereocenters. The first-order valence-electron chi connectivity index (χ1n) is 12.6. The molecule has 0 aliphatic carbocycles. The lowest BCUT2D eigenvalue weighted by atomic mass is 10.2. The number of nitrogens with zero attached hydrogens (tertiary/aromatic N) is 8. The van der Waals surface area contributed by atoms with Crippen molar-refractivity contribution in [3.8, 4) is 17.3 Å². The molecule has 14 heteroatoms. The molecule has 0 bridgehead atoms. The number of hydrogen-bond acceptors (Lipinski definition) is 10. The third-order valence-corrected chi connectivity index (χ3v) is 7.48. The monoisotopic (exact) mass is 553 g/mol. The van der Waals surface area contributed by atoms with E-state index in [1.54, 1.807) is 43.1 Å². The van der Waals surface area contributed by atoms with Crippen LogP contribution >= 0.6 is 0 Å². The van der Waals surface area contributed by atoms with Crippen LogP contribution < -0.4 is 15.4 Å². The molecule has 1 saturated heterocycles. The summed E-state index contributed by atoms with van der Waals surface area (Å²) in [7, 11) is 0. The van der Waals surface area contributed by atoms with Crippen LogP contribution in [0.3, 0.4) is 0 Å². The zero-order valence-corrected chi connectivity index (χ0v) is 22.2. The number of benzene rings is 1. The minimum atomic E-state index is -0.942. The number of nitrogen functional groups attached to an aromatic ring is 1. The molecule has 5 aromatic rings. The molecule has 1 fully saturated rings. The Hall–Kier alpha value is -3.88. The molecular weight excluding hydrogens is 525 g/mol. The molecule has 1 aromatic carbocycles. The van der Waals surface area contributed by atoms with Gasteiger partial charge < -0.3 is 28.9 Å². The van der Waals surface area contributed by atoms with Gasteiger partial charge in [0.25, 0.3) is 0 Å². The second-order valence-electron chi connectivity index (χ2n) is 9.30. The fourth-order valence-electron chi connectivity index (χ4n) is 4.68. The summed E-state index contributed by atoms with van der Waals surface area (Å²) in [6, 6.07) is 8.46. The lowest BCUT2D eigenvalue weighted by Crippen LogP contribution is -2.47. The van der Waals surface area contributed by atoms with Crippen molar-refractivity contribution in [2.75, 3.05) is 62.0 Å². The van der Waals surface area contributed by atoms with Gasteiger partial charge >= 0.3 is 0 Å². The first-order valence-corrected chi connectivity index (χ1v) is 14.3. The first-order chi connectivity index (χ1) is 19.0. The zero-order valence-electron chi connectivity index (χ0n) is 21.4. The van der Waals surface area contributed by atoms with E-state index in [-0.39, 0.29) is 11.8 Å². The molecular formula is C25H28FN9O3S. The van der Waals surface area contributed by atoms with Crippen LogP contribution in [0, 0.1) is 5.82 Å². The third-order valence-electron chi connectivity index (χ3n) is 6.74. The highest BCUT2D eigenvalue weighted by Crippen LogP contribution is 2.26. The number of furan rings is 1. The van der Waals surface area contributed by atoms with E-state index in [1.165, 1.54) is 10.6 Å². The quantitative estimate of drug-likeness (QED) is 0.270. The van der Waals surface area contributed by atoms with Gasteiger partial charge in [0.2, 0.25) is 11.8 Å². The number of halogens is 1. The summed E-state index contributed by atoms with van der Waals surface area (Å²) in [5.41, 5.74) is 8.54. The molecule has 2 N–H and O–H groups in total. The van der Waals surface area contributed by atoms with E-state index >= 15 is 0 Å². The average molecular weight is 554 g/mol.